The van der Waals surface area contributed by atoms with Crippen LogP contribution in [0.25, 0.3) is 0 Å². The van der Waals surface area contributed by atoms with Crippen LogP contribution in [0.4, 0.5) is 0 Å². The highest BCUT2D eigenvalue weighted by atomic mass is 16.1. The predicted molar refractivity (Wildman–Crippen MR) is 61.1 cm³/mol. The highest BCUT2D eigenvalue weighted by molar-refractivity contribution is 5.78. The van der Waals surface area contributed by atoms with Crippen LogP contribution in [0, 0.1) is 17.2 Å². The van der Waals surface area contributed by atoms with Gasteiger partial charge in [-0.1, -0.05) is 26.7 Å². The summed E-state index contributed by atoms with van der Waals surface area (Å²) in [5.41, 5.74) is 0. The van der Waals surface area contributed by atoms with Crippen molar-refractivity contribution >= 4 is 5.91 Å². The molecule has 0 aromatic rings. The summed E-state index contributed by atoms with van der Waals surface area (Å²) in [7, 11) is 0. The molecule has 1 amide bonds. The van der Waals surface area contributed by atoms with E-state index >= 15 is 0 Å². The van der Waals surface area contributed by atoms with E-state index in [9.17, 15) is 4.79 Å². The lowest BCUT2D eigenvalue weighted by molar-refractivity contribution is -0.125. The van der Waals surface area contributed by atoms with Gasteiger partial charge in [0.25, 0.3) is 0 Å². The SMILES string of the molecule is CCCCC(CC)C(=O)NC(C)CC#N. The summed E-state index contributed by atoms with van der Waals surface area (Å²) >= 11 is 0. The van der Waals surface area contributed by atoms with E-state index in [2.05, 4.69) is 18.3 Å². The molecule has 2 atom stereocenters. The second-order valence-corrected chi connectivity index (χ2v) is 4.02. The van der Waals surface area contributed by atoms with Crippen LogP contribution in [0.15, 0.2) is 0 Å². The van der Waals surface area contributed by atoms with Gasteiger partial charge in [0, 0.05) is 12.0 Å². The van der Waals surface area contributed by atoms with Gasteiger partial charge < -0.3 is 5.32 Å². The van der Waals surface area contributed by atoms with E-state index in [0.29, 0.717) is 6.42 Å². The van der Waals surface area contributed by atoms with Crippen molar-refractivity contribution in [3.63, 3.8) is 0 Å². The van der Waals surface area contributed by atoms with Crippen LogP contribution in [0.5, 0.6) is 0 Å². The van der Waals surface area contributed by atoms with Gasteiger partial charge in [-0.15, -0.1) is 0 Å². The summed E-state index contributed by atoms with van der Waals surface area (Å²) in [6.07, 6.45) is 4.44. The van der Waals surface area contributed by atoms with Crippen molar-refractivity contribution in [1.29, 1.82) is 5.26 Å². The number of amides is 1. The van der Waals surface area contributed by atoms with Crippen molar-refractivity contribution in [3.05, 3.63) is 0 Å². The molecule has 0 rings (SSSR count). The number of nitriles is 1. The topological polar surface area (TPSA) is 52.9 Å². The minimum atomic E-state index is -0.0295. The standard InChI is InChI=1S/C12H22N2O/c1-4-6-7-11(5-2)12(15)14-10(3)8-9-13/h10-11H,4-8H2,1-3H3,(H,14,15). The normalized spacial score (nSPS) is 14.0. The lowest BCUT2D eigenvalue weighted by Gasteiger charge is -2.17. The zero-order chi connectivity index (χ0) is 11.7. The fraction of sp³-hybridized carbons (Fsp3) is 0.833. The second-order valence-electron chi connectivity index (χ2n) is 4.02. The number of carbonyl (C=O) groups is 1. The molecular formula is C12H22N2O. The molecule has 0 bridgehead atoms. The zero-order valence-corrected chi connectivity index (χ0v) is 10.0. The van der Waals surface area contributed by atoms with E-state index < -0.39 is 0 Å². The maximum atomic E-state index is 11.7. The summed E-state index contributed by atoms with van der Waals surface area (Å²) in [6.45, 7) is 6.03. The highest BCUT2D eigenvalue weighted by Gasteiger charge is 2.17. The molecule has 1 N–H and O–H groups in total. The Bertz CT molecular complexity index is 220. The number of nitrogens with one attached hydrogen (secondary N) is 1. The van der Waals surface area contributed by atoms with E-state index in [1.54, 1.807) is 0 Å². The first kappa shape index (κ1) is 14.0. The average Bonchev–Trinajstić information content (AvgIpc) is 2.19. The number of unbranched alkanes of at least 4 members (excludes halogenated alkanes) is 1. The first-order valence-corrected chi connectivity index (χ1v) is 5.82. The monoisotopic (exact) mass is 210 g/mol. The Morgan fingerprint density at radius 1 is 1.47 bits per heavy atom. The molecule has 0 aromatic heterocycles. The summed E-state index contributed by atoms with van der Waals surface area (Å²) < 4.78 is 0. The van der Waals surface area contributed by atoms with E-state index in [1.165, 1.54) is 0 Å². The minimum Gasteiger partial charge on any atom is -0.352 e. The fourth-order valence-electron chi connectivity index (χ4n) is 1.52. The third-order valence-electron chi connectivity index (χ3n) is 2.56. The van der Waals surface area contributed by atoms with Crippen molar-refractivity contribution in [2.45, 2.75) is 58.9 Å². The van der Waals surface area contributed by atoms with Gasteiger partial charge in [-0.2, -0.15) is 5.26 Å². The van der Waals surface area contributed by atoms with Crippen LogP contribution in [0.2, 0.25) is 0 Å². The minimum absolute atomic E-state index is 0.0295. The highest BCUT2D eigenvalue weighted by Crippen LogP contribution is 2.12. The molecule has 3 nitrogen and oxygen atoms in total. The third-order valence-corrected chi connectivity index (χ3v) is 2.56. The molecule has 0 heterocycles. The smallest absolute Gasteiger partial charge is 0.223 e. The number of carbonyl (C=O) groups excluding carboxylic acids is 1. The number of hydrogen-bond donors (Lipinski definition) is 1. The van der Waals surface area contributed by atoms with Crippen LogP contribution >= 0.6 is 0 Å². The number of nitrogens with zero attached hydrogens (tertiary/aromatic N) is 1. The predicted octanol–water partition coefficient (Wildman–Crippen LogP) is 2.62. The Morgan fingerprint density at radius 2 is 2.13 bits per heavy atom. The molecule has 0 aromatic carbocycles. The largest absolute Gasteiger partial charge is 0.352 e. The van der Waals surface area contributed by atoms with Gasteiger partial charge in [-0.3, -0.25) is 4.79 Å². The van der Waals surface area contributed by atoms with Crippen molar-refractivity contribution < 1.29 is 4.79 Å². The van der Waals surface area contributed by atoms with Gasteiger partial charge in [0.05, 0.1) is 12.5 Å². The maximum absolute atomic E-state index is 11.7. The molecule has 0 fully saturated rings. The Hall–Kier alpha value is -1.04. The van der Waals surface area contributed by atoms with E-state index in [1.807, 2.05) is 13.8 Å². The molecule has 3 heteroatoms. The van der Waals surface area contributed by atoms with Gasteiger partial charge in [-0.05, 0) is 19.8 Å². The quantitative estimate of drug-likeness (QED) is 0.702. The molecule has 0 aliphatic rings. The Kier molecular flexibility index (Phi) is 7.71. The van der Waals surface area contributed by atoms with Gasteiger partial charge in [0.2, 0.25) is 5.91 Å². The summed E-state index contributed by atoms with van der Waals surface area (Å²) in [6, 6.07) is 2.03. The molecule has 15 heavy (non-hydrogen) atoms. The van der Waals surface area contributed by atoms with Crippen molar-refractivity contribution in [2.24, 2.45) is 5.92 Å². The van der Waals surface area contributed by atoms with Crippen LogP contribution in [0.3, 0.4) is 0 Å². The maximum Gasteiger partial charge on any atom is 0.223 e. The van der Waals surface area contributed by atoms with Crippen molar-refractivity contribution in [1.82, 2.24) is 5.32 Å². The van der Waals surface area contributed by atoms with Gasteiger partial charge in [-0.25, -0.2) is 0 Å². The number of rotatable bonds is 7. The van der Waals surface area contributed by atoms with Crippen LogP contribution in [0.1, 0.15) is 52.9 Å². The van der Waals surface area contributed by atoms with Gasteiger partial charge in [0.1, 0.15) is 0 Å². The van der Waals surface area contributed by atoms with Crippen molar-refractivity contribution in [2.75, 3.05) is 0 Å². The van der Waals surface area contributed by atoms with E-state index in [-0.39, 0.29) is 17.9 Å². The molecule has 0 radical (unpaired) electrons. The zero-order valence-electron chi connectivity index (χ0n) is 10.0. The molecular weight excluding hydrogens is 188 g/mol. The summed E-state index contributed by atoms with van der Waals surface area (Å²) in [5.74, 6) is 0.222. The van der Waals surface area contributed by atoms with Gasteiger partial charge >= 0.3 is 0 Å². The Balaban J connectivity index is 3.98. The molecule has 0 saturated heterocycles. The van der Waals surface area contributed by atoms with Crippen LogP contribution < -0.4 is 5.32 Å². The fourth-order valence-corrected chi connectivity index (χ4v) is 1.52. The molecule has 0 aliphatic carbocycles. The number of hydrogen-bond acceptors (Lipinski definition) is 2. The molecule has 0 spiro atoms. The first-order chi connectivity index (χ1) is 7.15. The second kappa shape index (κ2) is 8.28. The average molecular weight is 210 g/mol. The Morgan fingerprint density at radius 3 is 2.60 bits per heavy atom. The molecule has 86 valence electrons. The van der Waals surface area contributed by atoms with Crippen LogP contribution in [-0.4, -0.2) is 11.9 Å². The summed E-state index contributed by atoms with van der Waals surface area (Å²) in [5, 5.41) is 11.4. The van der Waals surface area contributed by atoms with Crippen LogP contribution in [-0.2, 0) is 4.79 Å². The van der Waals surface area contributed by atoms with E-state index in [4.69, 9.17) is 5.26 Å². The third kappa shape index (κ3) is 6.11. The lowest BCUT2D eigenvalue weighted by atomic mass is 9.98. The first-order valence-electron chi connectivity index (χ1n) is 5.82. The Labute approximate surface area is 92.9 Å². The van der Waals surface area contributed by atoms with E-state index in [0.717, 1.165) is 25.7 Å². The van der Waals surface area contributed by atoms with Gasteiger partial charge in [0.15, 0.2) is 0 Å². The van der Waals surface area contributed by atoms with Crippen molar-refractivity contribution in [3.8, 4) is 6.07 Å². The summed E-state index contributed by atoms with van der Waals surface area (Å²) in [4.78, 5) is 11.7. The molecule has 0 aliphatic heterocycles. The molecule has 0 saturated carbocycles. The lowest BCUT2D eigenvalue weighted by Crippen LogP contribution is -2.36. The molecule has 2 unspecified atom stereocenters.